The van der Waals surface area contributed by atoms with Gasteiger partial charge in [0.1, 0.15) is 0 Å². The molecule has 13 heavy (non-hydrogen) atoms. The summed E-state index contributed by atoms with van der Waals surface area (Å²) in [5.41, 5.74) is -1.54. The van der Waals surface area contributed by atoms with E-state index in [1.165, 1.54) is 0 Å². The first-order chi connectivity index (χ1) is 5.93. The highest BCUT2D eigenvalue weighted by atomic mass is 31.0. The topological polar surface area (TPSA) is 0 Å². The number of hydrogen-bond acceptors (Lipinski definition) is 0. The lowest BCUT2D eigenvalue weighted by atomic mass is 10.0. The number of allylic oxidation sites excluding steroid dienone is 1. The third-order valence-corrected chi connectivity index (χ3v) is 2.34. The predicted molar refractivity (Wildman–Crippen MR) is 56.3 cm³/mol. The maximum atomic E-state index is 12.9. The van der Waals surface area contributed by atoms with Crippen LogP contribution in [0.3, 0.4) is 0 Å². The van der Waals surface area contributed by atoms with Crippen LogP contribution in [0, 0.1) is 6.92 Å². The minimum atomic E-state index is -2.81. The van der Waals surface area contributed by atoms with Gasteiger partial charge in [-0.1, -0.05) is 30.8 Å². The normalized spacial score (nSPS) is 11.6. The van der Waals surface area contributed by atoms with Crippen LogP contribution in [0.2, 0.25) is 0 Å². The van der Waals surface area contributed by atoms with Crippen molar-refractivity contribution in [1.29, 1.82) is 0 Å². The lowest BCUT2D eigenvalue weighted by Gasteiger charge is -2.11. The molecule has 0 heterocycles. The monoisotopic (exact) mass is 201 g/mol. The van der Waals surface area contributed by atoms with Crippen molar-refractivity contribution in [2.45, 2.75) is 12.6 Å². The Hall–Kier alpha value is -0.750. The molecule has 0 fully saturated rings. The second-order valence-corrected chi connectivity index (χ2v) is 3.89. The van der Waals surface area contributed by atoms with Crippen molar-refractivity contribution in [3.8, 4) is 0 Å². The number of benzene rings is 1. The van der Waals surface area contributed by atoms with Crippen LogP contribution in [0.4, 0.5) is 8.78 Å². The van der Waals surface area contributed by atoms with E-state index >= 15 is 0 Å². The lowest BCUT2D eigenvalue weighted by Crippen LogP contribution is -2.07. The van der Waals surface area contributed by atoms with E-state index in [0.29, 0.717) is 14.8 Å². The summed E-state index contributed by atoms with van der Waals surface area (Å²) in [7, 11) is 0.653. The number of halogens is 2. The van der Waals surface area contributed by atoms with Gasteiger partial charge in [-0.25, -0.2) is 0 Å². The van der Waals surface area contributed by atoms with Crippen molar-refractivity contribution in [3.63, 3.8) is 0 Å². The van der Waals surface area contributed by atoms with Gasteiger partial charge in [-0.3, -0.25) is 0 Å². The first-order valence-corrected chi connectivity index (χ1v) is 4.62. The van der Waals surface area contributed by atoms with Crippen molar-refractivity contribution < 1.29 is 8.78 Å². The van der Waals surface area contributed by atoms with Crippen LogP contribution in [-0.4, -0.2) is 5.66 Å². The molecule has 1 atom stereocenters. The van der Waals surface area contributed by atoms with Crippen molar-refractivity contribution in [1.82, 2.24) is 0 Å². The van der Waals surface area contributed by atoms with E-state index in [1.54, 1.807) is 25.1 Å². The quantitative estimate of drug-likeness (QED) is 0.644. The van der Waals surface area contributed by atoms with Gasteiger partial charge in [-0.05, 0) is 18.1 Å². The summed E-state index contributed by atoms with van der Waals surface area (Å²) >= 11 is 0. The van der Waals surface area contributed by atoms with Crippen LogP contribution in [0.5, 0.6) is 0 Å². The van der Waals surface area contributed by atoms with Gasteiger partial charge in [0.15, 0.2) is 0 Å². The Bertz CT molecular complexity index is 326. The Morgan fingerprint density at radius 1 is 1.38 bits per heavy atom. The van der Waals surface area contributed by atoms with E-state index in [9.17, 15) is 8.78 Å². The Balaban J connectivity index is 3.10. The van der Waals surface area contributed by atoms with Crippen LogP contribution < -0.4 is 0 Å². The average molecular weight is 201 g/mol. The lowest BCUT2D eigenvalue weighted by molar-refractivity contribution is 0.173. The molecular formula is C10H12F2P+. The molecule has 0 nitrogen and oxygen atoms in total. The van der Waals surface area contributed by atoms with E-state index in [0.717, 1.165) is 5.56 Å². The van der Waals surface area contributed by atoms with Gasteiger partial charge < -0.3 is 0 Å². The van der Waals surface area contributed by atoms with Gasteiger partial charge in [0.25, 0.3) is 0 Å². The highest BCUT2D eigenvalue weighted by Gasteiger charge is 2.33. The summed E-state index contributed by atoms with van der Waals surface area (Å²) in [6, 6.07) is 7.03. The highest BCUT2D eigenvalue weighted by molar-refractivity contribution is 7.19. The SMILES string of the molecule is C=C(c1ccccc1C)C(F)(F)[PH3+]. The molecule has 70 valence electrons. The highest BCUT2D eigenvalue weighted by Crippen LogP contribution is 2.37. The molecule has 0 N–H and O–H groups in total. The van der Waals surface area contributed by atoms with Crippen LogP contribution in [0.1, 0.15) is 11.1 Å². The summed E-state index contributed by atoms with van der Waals surface area (Å²) in [4.78, 5) is 0. The van der Waals surface area contributed by atoms with Crippen molar-refractivity contribution in [2.75, 3.05) is 0 Å². The fourth-order valence-electron chi connectivity index (χ4n) is 1.11. The Morgan fingerprint density at radius 2 is 1.92 bits per heavy atom. The largest absolute Gasteiger partial charge is 0.373 e. The molecule has 0 spiro atoms. The maximum Gasteiger partial charge on any atom is 0.373 e. The molecule has 1 aromatic rings. The molecular weight excluding hydrogens is 189 g/mol. The summed E-state index contributed by atoms with van der Waals surface area (Å²) in [6.07, 6.45) is 0. The third kappa shape index (κ3) is 2.35. The number of alkyl halides is 2. The fourth-order valence-corrected chi connectivity index (χ4v) is 1.30. The van der Waals surface area contributed by atoms with Gasteiger partial charge in [-0.15, -0.1) is 0 Å². The van der Waals surface area contributed by atoms with E-state index in [2.05, 4.69) is 6.58 Å². The minimum absolute atomic E-state index is 0.107. The first kappa shape index (κ1) is 10.3. The molecule has 0 amide bonds. The molecule has 3 heteroatoms. The smallest absolute Gasteiger partial charge is 0.163 e. The number of hydrogen-bond donors (Lipinski definition) is 0. The van der Waals surface area contributed by atoms with E-state index in [4.69, 9.17) is 0 Å². The van der Waals surface area contributed by atoms with Gasteiger partial charge in [0.2, 0.25) is 0 Å². The number of aryl methyl sites for hydroxylation is 1. The van der Waals surface area contributed by atoms with Crippen molar-refractivity contribution in [2.24, 2.45) is 0 Å². The van der Waals surface area contributed by atoms with Crippen molar-refractivity contribution in [3.05, 3.63) is 42.0 Å². The molecule has 0 saturated heterocycles. The van der Waals surface area contributed by atoms with Gasteiger partial charge in [0, 0.05) is 0 Å². The Kier molecular flexibility index (Phi) is 2.82. The van der Waals surface area contributed by atoms with Gasteiger partial charge in [-0.2, -0.15) is 8.78 Å². The second-order valence-electron chi connectivity index (χ2n) is 3.00. The first-order valence-electron chi connectivity index (χ1n) is 3.91. The molecule has 1 unspecified atom stereocenters. The summed E-state index contributed by atoms with van der Waals surface area (Å²) in [6.45, 7) is 5.21. The van der Waals surface area contributed by atoms with Crippen LogP contribution in [0.15, 0.2) is 30.8 Å². The Morgan fingerprint density at radius 3 is 2.38 bits per heavy atom. The Labute approximate surface area is 78.9 Å². The molecule has 1 aromatic carbocycles. The summed E-state index contributed by atoms with van der Waals surface area (Å²) in [5, 5.41) is 0. The number of rotatable bonds is 2. The van der Waals surface area contributed by atoms with E-state index in [1.807, 2.05) is 6.07 Å². The predicted octanol–water partition coefficient (Wildman–Crippen LogP) is 3.21. The third-order valence-electron chi connectivity index (χ3n) is 1.91. The van der Waals surface area contributed by atoms with Gasteiger partial charge >= 0.3 is 5.66 Å². The zero-order valence-corrected chi connectivity index (χ0v) is 8.89. The van der Waals surface area contributed by atoms with E-state index < -0.39 is 5.66 Å². The van der Waals surface area contributed by atoms with Gasteiger partial charge in [0.05, 0.1) is 14.8 Å². The van der Waals surface area contributed by atoms with Crippen LogP contribution in [-0.2, 0) is 0 Å². The zero-order valence-electron chi connectivity index (χ0n) is 7.48. The molecule has 0 aliphatic carbocycles. The molecule has 1 rings (SSSR count). The minimum Gasteiger partial charge on any atom is -0.163 e. The summed E-state index contributed by atoms with van der Waals surface area (Å²) in [5.74, 6) is 0. The standard InChI is InChI=1S/C10H11F2P/c1-7-5-3-4-6-9(7)8(2)10(11,12)13/h3-6H,2,13H2,1H3/p+1. The summed E-state index contributed by atoms with van der Waals surface area (Å²) < 4.78 is 25.8. The average Bonchev–Trinajstić information content (AvgIpc) is 2.02. The van der Waals surface area contributed by atoms with Crippen LogP contribution >= 0.6 is 9.24 Å². The molecule has 0 radical (unpaired) electrons. The van der Waals surface area contributed by atoms with Crippen molar-refractivity contribution >= 4 is 14.8 Å². The molecule has 0 aliphatic heterocycles. The fraction of sp³-hybridized carbons (Fsp3) is 0.200. The molecule has 0 saturated carbocycles. The van der Waals surface area contributed by atoms with Crippen LogP contribution in [0.25, 0.3) is 5.57 Å². The maximum absolute atomic E-state index is 12.9. The zero-order chi connectivity index (χ0) is 10.1. The molecule has 0 aliphatic rings. The molecule has 0 aromatic heterocycles. The second kappa shape index (κ2) is 3.55. The molecule has 0 bridgehead atoms. The van der Waals surface area contributed by atoms with E-state index in [-0.39, 0.29) is 5.57 Å².